The van der Waals surface area contributed by atoms with Gasteiger partial charge >= 0.3 is 6.18 Å². The fraction of sp³-hybridized carbons (Fsp3) is 0.125. The van der Waals surface area contributed by atoms with Gasteiger partial charge in [-0.25, -0.2) is 0 Å². The van der Waals surface area contributed by atoms with Gasteiger partial charge in [0.25, 0.3) is 11.4 Å². The Morgan fingerprint density at radius 2 is 1.69 bits per heavy atom. The van der Waals surface area contributed by atoms with Crippen molar-refractivity contribution < 1.29 is 23.0 Å². The van der Waals surface area contributed by atoms with E-state index in [1.807, 2.05) is 0 Å². The summed E-state index contributed by atoms with van der Waals surface area (Å²) in [6.45, 7) is 3.29. The van der Waals surface area contributed by atoms with Crippen LogP contribution in [0.15, 0.2) is 55.1 Å². The van der Waals surface area contributed by atoms with Crippen molar-refractivity contribution in [2.45, 2.75) is 6.18 Å². The molecule has 0 atom stereocenters. The molecule has 10 heteroatoms. The van der Waals surface area contributed by atoms with Crippen LogP contribution in [0.1, 0.15) is 5.56 Å². The fourth-order valence-corrected chi connectivity index (χ4v) is 2.41. The van der Waals surface area contributed by atoms with Crippen molar-refractivity contribution in [2.24, 2.45) is 0 Å². The van der Waals surface area contributed by atoms with Crippen LogP contribution in [-0.4, -0.2) is 16.4 Å². The van der Waals surface area contributed by atoms with Gasteiger partial charge in [0.05, 0.1) is 21.5 Å². The lowest BCUT2D eigenvalue weighted by Gasteiger charge is -2.26. The third kappa shape index (κ3) is 3.79. The molecular formula is C16H12F3N3O4. The molecule has 2 aromatic rings. The van der Waals surface area contributed by atoms with Gasteiger partial charge in [-0.1, -0.05) is 24.3 Å². The lowest BCUT2D eigenvalue weighted by atomic mass is 10.1. The molecule has 0 aliphatic heterocycles. The van der Waals surface area contributed by atoms with Crippen molar-refractivity contribution in [3.05, 3.63) is 80.9 Å². The second-order valence-electron chi connectivity index (χ2n) is 5.11. The Kier molecular flexibility index (Phi) is 5.24. The van der Waals surface area contributed by atoms with E-state index in [0.717, 1.165) is 4.90 Å². The second kappa shape index (κ2) is 7.21. The first-order chi connectivity index (χ1) is 12.2. The molecule has 0 saturated carbocycles. The van der Waals surface area contributed by atoms with Crippen LogP contribution in [0.3, 0.4) is 0 Å². The maximum Gasteiger partial charge on any atom is 0.418 e. The smallest absolute Gasteiger partial charge is 0.332 e. The van der Waals surface area contributed by atoms with Crippen LogP contribution < -0.4 is 4.90 Å². The molecule has 0 bridgehead atoms. The molecule has 0 fully saturated rings. The third-order valence-electron chi connectivity index (χ3n) is 3.44. The van der Waals surface area contributed by atoms with E-state index in [1.165, 1.54) is 18.2 Å². The number of para-hydroxylation sites is 1. The molecule has 26 heavy (non-hydrogen) atoms. The highest BCUT2D eigenvalue weighted by Gasteiger charge is 2.41. The zero-order chi connectivity index (χ0) is 19.5. The highest BCUT2D eigenvalue weighted by atomic mass is 19.4. The summed E-state index contributed by atoms with van der Waals surface area (Å²) in [4.78, 5) is 21.2. The summed E-state index contributed by atoms with van der Waals surface area (Å²) < 4.78 is 40.7. The number of halogens is 3. The van der Waals surface area contributed by atoms with Crippen LogP contribution >= 0.6 is 0 Å². The van der Waals surface area contributed by atoms with Gasteiger partial charge in [-0.3, -0.25) is 20.2 Å². The summed E-state index contributed by atoms with van der Waals surface area (Å²) in [5, 5.41) is 22.3. The first-order valence-corrected chi connectivity index (χ1v) is 7.14. The molecule has 0 heterocycles. The predicted octanol–water partition coefficient (Wildman–Crippen LogP) is 4.85. The minimum atomic E-state index is -5.04. The molecule has 0 aromatic heterocycles. The highest BCUT2D eigenvalue weighted by molar-refractivity contribution is 5.78. The van der Waals surface area contributed by atoms with E-state index in [2.05, 4.69) is 6.58 Å². The number of rotatable bonds is 6. The molecule has 0 amide bonds. The van der Waals surface area contributed by atoms with Gasteiger partial charge in [0.1, 0.15) is 5.69 Å². The normalized spacial score (nSPS) is 11.0. The van der Waals surface area contributed by atoms with Gasteiger partial charge in [-0.15, -0.1) is 6.58 Å². The Morgan fingerprint density at radius 1 is 1.08 bits per heavy atom. The first-order valence-electron chi connectivity index (χ1n) is 7.14. The zero-order valence-corrected chi connectivity index (χ0v) is 13.1. The minimum Gasteiger partial charge on any atom is -0.332 e. The maximum atomic E-state index is 13.6. The maximum absolute atomic E-state index is 13.6. The van der Waals surface area contributed by atoms with Gasteiger partial charge in [-0.05, 0) is 12.1 Å². The van der Waals surface area contributed by atoms with E-state index >= 15 is 0 Å². The minimum absolute atomic E-state index is 0.175. The number of nitro groups is 2. The lowest BCUT2D eigenvalue weighted by Crippen LogP contribution is -2.22. The largest absolute Gasteiger partial charge is 0.418 e. The zero-order valence-electron chi connectivity index (χ0n) is 13.1. The summed E-state index contributed by atoms with van der Waals surface area (Å²) in [6, 6.07) is 8.48. The number of hydrogen-bond donors (Lipinski definition) is 0. The summed E-state index contributed by atoms with van der Waals surface area (Å²) >= 11 is 0. The third-order valence-corrected chi connectivity index (χ3v) is 3.44. The quantitative estimate of drug-likeness (QED) is 0.414. The first kappa shape index (κ1) is 18.9. The molecule has 0 aliphatic rings. The van der Waals surface area contributed by atoms with Gasteiger partial charge in [-0.2, -0.15) is 13.2 Å². The molecule has 2 aromatic carbocycles. The Hall–Kier alpha value is -3.43. The van der Waals surface area contributed by atoms with E-state index < -0.39 is 38.6 Å². The fourth-order valence-electron chi connectivity index (χ4n) is 2.41. The number of hydrogen-bond acceptors (Lipinski definition) is 5. The summed E-state index contributed by atoms with van der Waals surface area (Å²) in [7, 11) is 0. The monoisotopic (exact) mass is 367 g/mol. The molecule has 136 valence electrons. The molecule has 0 saturated heterocycles. The highest BCUT2D eigenvalue weighted by Crippen LogP contribution is 2.46. The number of non-ortho nitro benzene ring substituents is 1. The number of anilines is 2. The Balaban J connectivity index is 2.88. The van der Waals surface area contributed by atoms with Crippen molar-refractivity contribution >= 4 is 22.7 Å². The Bertz CT molecular complexity index is 854. The van der Waals surface area contributed by atoms with Gasteiger partial charge in [0, 0.05) is 18.3 Å². The Morgan fingerprint density at radius 3 is 2.15 bits per heavy atom. The van der Waals surface area contributed by atoms with Crippen LogP contribution in [0.5, 0.6) is 0 Å². The molecule has 0 unspecified atom stereocenters. The Labute approximate surface area is 145 Å². The molecule has 7 nitrogen and oxygen atoms in total. The van der Waals surface area contributed by atoms with E-state index in [9.17, 15) is 33.4 Å². The molecule has 0 radical (unpaired) electrons. The number of nitrogens with zero attached hydrogens (tertiary/aromatic N) is 3. The van der Waals surface area contributed by atoms with Crippen molar-refractivity contribution in [1.29, 1.82) is 0 Å². The SMILES string of the molecule is C=CCN(c1ccccc1)c1c([N+](=O)[O-])cc([N+](=O)[O-])cc1C(F)(F)F. The molecule has 0 aliphatic carbocycles. The van der Waals surface area contributed by atoms with E-state index in [-0.39, 0.29) is 12.2 Å². The van der Waals surface area contributed by atoms with Crippen LogP contribution in [0.2, 0.25) is 0 Å². The van der Waals surface area contributed by atoms with Crippen LogP contribution in [0, 0.1) is 20.2 Å². The standard InChI is InChI=1S/C16H12F3N3O4/c1-2-8-20(11-6-4-3-5-7-11)15-13(16(17,18)19)9-12(21(23)24)10-14(15)22(25)26/h2-7,9-10H,1,8H2. The van der Waals surface area contributed by atoms with E-state index in [1.54, 1.807) is 18.2 Å². The van der Waals surface area contributed by atoms with Crippen molar-refractivity contribution in [1.82, 2.24) is 0 Å². The predicted molar refractivity (Wildman–Crippen MR) is 88.4 cm³/mol. The summed E-state index contributed by atoms with van der Waals surface area (Å²) in [5.41, 5.74) is -4.03. The van der Waals surface area contributed by atoms with Crippen LogP contribution in [-0.2, 0) is 6.18 Å². The molecule has 0 spiro atoms. The van der Waals surface area contributed by atoms with E-state index in [4.69, 9.17) is 0 Å². The lowest BCUT2D eigenvalue weighted by molar-refractivity contribution is -0.394. The van der Waals surface area contributed by atoms with Crippen molar-refractivity contribution in [3.63, 3.8) is 0 Å². The van der Waals surface area contributed by atoms with Gasteiger partial charge < -0.3 is 4.90 Å². The molecule has 0 N–H and O–H groups in total. The summed E-state index contributed by atoms with van der Waals surface area (Å²) in [5.74, 6) is 0. The number of nitro benzene ring substituents is 2. The van der Waals surface area contributed by atoms with Gasteiger partial charge in [0.2, 0.25) is 0 Å². The van der Waals surface area contributed by atoms with Crippen LogP contribution in [0.25, 0.3) is 0 Å². The summed E-state index contributed by atoms with van der Waals surface area (Å²) in [6.07, 6.45) is -3.77. The number of alkyl halides is 3. The topological polar surface area (TPSA) is 89.5 Å². The van der Waals surface area contributed by atoms with E-state index in [0.29, 0.717) is 12.1 Å². The van der Waals surface area contributed by atoms with Crippen molar-refractivity contribution in [3.8, 4) is 0 Å². The number of benzene rings is 2. The molecule has 2 rings (SSSR count). The average Bonchev–Trinajstić information content (AvgIpc) is 2.58. The molecular weight excluding hydrogens is 355 g/mol. The van der Waals surface area contributed by atoms with Crippen LogP contribution in [0.4, 0.5) is 35.9 Å². The second-order valence-corrected chi connectivity index (χ2v) is 5.11. The average molecular weight is 367 g/mol. The van der Waals surface area contributed by atoms with Gasteiger partial charge in [0.15, 0.2) is 0 Å². The van der Waals surface area contributed by atoms with Crippen molar-refractivity contribution in [2.75, 3.05) is 11.4 Å².